The summed E-state index contributed by atoms with van der Waals surface area (Å²) >= 11 is 6.78. The zero-order valence-corrected chi connectivity index (χ0v) is 31.7. The molecule has 11 nitrogen and oxygen atoms in total. The molecule has 4 aromatic carbocycles. The number of carbonyl (C=O) groups is 1. The number of pyridine rings is 1. The smallest absolute Gasteiger partial charge is 0.248 e. The Kier molecular flexibility index (Phi) is 11.0. The van der Waals surface area contributed by atoms with Crippen LogP contribution in [0.2, 0.25) is 5.02 Å². The summed E-state index contributed by atoms with van der Waals surface area (Å²) in [5, 5.41) is 22.0. The lowest BCUT2D eigenvalue weighted by Gasteiger charge is -2.19. The molecular weight excluding hydrogens is 728 g/mol. The molecule has 56 heavy (non-hydrogen) atoms. The average molecular weight is 769 g/mol. The third-order valence-corrected chi connectivity index (χ3v) is 10.3. The lowest BCUT2D eigenvalue weighted by atomic mass is 10.0. The van der Waals surface area contributed by atoms with E-state index >= 15 is 0 Å². The van der Waals surface area contributed by atoms with Gasteiger partial charge in [-0.05, 0) is 97.0 Å². The molecule has 12 heteroatoms. The molecule has 0 spiro atoms. The topological polar surface area (TPSA) is 132 Å². The average Bonchev–Trinajstić information content (AvgIpc) is 3.88. The van der Waals surface area contributed by atoms with Crippen LogP contribution in [0.15, 0.2) is 103 Å². The Labute approximate surface area is 329 Å². The number of ether oxygens (including phenoxy) is 4. The maximum atomic E-state index is 13.3. The molecule has 3 N–H and O–H groups in total. The molecule has 4 heterocycles. The van der Waals surface area contributed by atoms with Crippen LogP contribution in [0.4, 0.5) is 17.1 Å². The van der Waals surface area contributed by atoms with Gasteiger partial charge in [0.1, 0.15) is 36.0 Å². The number of amides is 1. The summed E-state index contributed by atoms with van der Waals surface area (Å²) in [6.07, 6.45) is 7.51. The lowest BCUT2D eigenvalue weighted by Crippen LogP contribution is -2.24. The van der Waals surface area contributed by atoms with Crippen molar-refractivity contribution in [1.82, 2.24) is 14.9 Å². The number of halogens is 1. The third kappa shape index (κ3) is 8.43. The number of nitriles is 1. The van der Waals surface area contributed by atoms with E-state index in [9.17, 15) is 10.1 Å². The molecule has 1 atom stereocenters. The van der Waals surface area contributed by atoms with E-state index in [1.54, 1.807) is 37.5 Å². The molecule has 2 saturated heterocycles. The van der Waals surface area contributed by atoms with Crippen LogP contribution in [0.25, 0.3) is 21.8 Å². The van der Waals surface area contributed by atoms with Gasteiger partial charge in [-0.3, -0.25) is 9.78 Å². The molecule has 2 aliphatic heterocycles. The monoisotopic (exact) mass is 768 g/mol. The van der Waals surface area contributed by atoms with Crippen LogP contribution in [-0.4, -0.2) is 55.0 Å². The highest BCUT2D eigenvalue weighted by atomic mass is 35.5. The van der Waals surface area contributed by atoms with E-state index in [0.29, 0.717) is 69.9 Å². The van der Waals surface area contributed by atoms with Gasteiger partial charge in [0, 0.05) is 54.1 Å². The van der Waals surface area contributed by atoms with E-state index in [1.807, 2.05) is 24.3 Å². The summed E-state index contributed by atoms with van der Waals surface area (Å²) in [5.41, 5.74) is 6.96. The number of rotatable bonds is 12. The number of fused-ring (bicyclic) bond motifs is 2. The number of methoxy groups -OCH3 is 1. The van der Waals surface area contributed by atoms with E-state index in [0.717, 1.165) is 72.2 Å². The second-order valence-corrected chi connectivity index (χ2v) is 14.3. The number of carbonyl (C=O) groups excluding carboxylic acids is 1. The molecule has 2 aliphatic rings. The summed E-state index contributed by atoms with van der Waals surface area (Å²) < 4.78 is 25.6. The molecule has 1 unspecified atom stereocenters. The standard InChI is InChI=1S/C44H41ClN6O5/c1-53-34-4-2-3-29(18-34)25-51-15-11-31-17-30(5-7-40(31)51)26-55-41-8-6-33(20-37(41)45)49-44-32(23-46)24-48-38-22-42(56-35-12-16-54-27-35)39(21-36(38)44)50-43(52)19-28-9-13-47-14-10-28/h2-8,11,15,17-22,24,35,47H,9-10,12-14,16,25-27H2,1H3,(H,48,49)(H,50,52). The van der Waals surface area contributed by atoms with Crippen molar-refractivity contribution < 1.29 is 23.7 Å². The van der Waals surface area contributed by atoms with Crippen molar-refractivity contribution in [2.75, 3.05) is 44.0 Å². The minimum Gasteiger partial charge on any atom is -0.497 e. The summed E-state index contributed by atoms with van der Waals surface area (Å²) in [5.74, 6) is 1.62. The first-order valence-electron chi connectivity index (χ1n) is 18.6. The van der Waals surface area contributed by atoms with Gasteiger partial charge in [-0.2, -0.15) is 5.26 Å². The van der Waals surface area contributed by atoms with Gasteiger partial charge >= 0.3 is 0 Å². The Hall–Kier alpha value is -6.06. The van der Waals surface area contributed by atoms with Gasteiger partial charge in [-0.25, -0.2) is 0 Å². The van der Waals surface area contributed by atoms with Gasteiger partial charge in [0.25, 0.3) is 0 Å². The molecule has 0 saturated carbocycles. The first-order chi connectivity index (χ1) is 27.4. The fourth-order valence-electron chi connectivity index (χ4n) is 7.11. The van der Waals surface area contributed by atoms with E-state index in [1.165, 1.54) is 6.20 Å². The van der Waals surface area contributed by atoms with E-state index < -0.39 is 0 Å². The van der Waals surface area contributed by atoms with Gasteiger partial charge < -0.3 is 39.5 Å². The van der Waals surface area contributed by atoms with E-state index in [4.69, 9.17) is 30.5 Å². The normalized spacial score (nSPS) is 15.4. The number of benzene rings is 4. The van der Waals surface area contributed by atoms with Crippen molar-refractivity contribution in [2.24, 2.45) is 0 Å². The van der Waals surface area contributed by atoms with Gasteiger partial charge in [-0.15, -0.1) is 0 Å². The van der Waals surface area contributed by atoms with Crippen LogP contribution in [0.5, 0.6) is 17.2 Å². The minimum atomic E-state index is -0.238. The van der Waals surface area contributed by atoms with Crippen LogP contribution in [-0.2, 0) is 22.7 Å². The lowest BCUT2D eigenvalue weighted by molar-refractivity contribution is -0.112. The zero-order valence-electron chi connectivity index (χ0n) is 30.9. The second kappa shape index (κ2) is 16.8. The quantitative estimate of drug-likeness (QED) is 0.105. The van der Waals surface area contributed by atoms with E-state index in [-0.39, 0.29) is 12.0 Å². The highest BCUT2D eigenvalue weighted by Crippen LogP contribution is 2.38. The number of nitrogens with one attached hydrogen (secondary N) is 3. The maximum Gasteiger partial charge on any atom is 0.248 e. The fraction of sp³-hybridized carbons (Fsp3) is 0.250. The van der Waals surface area contributed by atoms with Crippen molar-refractivity contribution in [2.45, 2.75) is 38.5 Å². The van der Waals surface area contributed by atoms with Crippen molar-refractivity contribution in [1.29, 1.82) is 5.26 Å². The molecule has 6 aromatic rings. The van der Waals surface area contributed by atoms with Crippen molar-refractivity contribution in [3.05, 3.63) is 125 Å². The molecule has 2 fully saturated rings. The predicted octanol–water partition coefficient (Wildman–Crippen LogP) is 8.51. The van der Waals surface area contributed by atoms with Gasteiger partial charge in [0.05, 0.1) is 47.8 Å². The Morgan fingerprint density at radius 1 is 1.07 bits per heavy atom. The summed E-state index contributed by atoms with van der Waals surface area (Å²) in [6.45, 7) is 3.83. The van der Waals surface area contributed by atoms with Crippen LogP contribution < -0.4 is 30.2 Å². The summed E-state index contributed by atoms with van der Waals surface area (Å²) in [7, 11) is 1.68. The number of hydrogen-bond acceptors (Lipinski definition) is 9. The van der Waals surface area contributed by atoms with Crippen LogP contribution in [0.1, 0.15) is 36.0 Å². The molecule has 2 aromatic heterocycles. The fourth-order valence-corrected chi connectivity index (χ4v) is 7.35. The molecule has 0 radical (unpaired) electrons. The SMILES string of the molecule is COc1cccc(Cn2ccc3cc(COc4ccc(Nc5c(C#N)cnc6cc(OC7CCOC7)c(NC(=O)C=C7CCNCC7)cc56)cc4Cl)ccc32)c1. The van der Waals surface area contributed by atoms with Gasteiger partial charge in [0.2, 0.25) is 5.91 Å². The van der Waals surface area contributed by atoms with Gasteiger partial charge in [0.15, 0.2) is 0 Å². The Balaban J connectivity index is 1.00. The highest BCUT2D eigenvalue weighted by Gasteiger charge is 2.22. The highest BCUT2D eigenvalue weighted by molar-refractivity contribution is 6.32. The molecule has 1 amide bonds. The predicted molar refractivity (Wildman–Crippen MR) is 218 cm³/mol. The first kappa shape index (κ1) is 36.9. The summed E-state index contributed by atoms with van der Waals surface area (Å²) in [4.78, 5) is 17.8. The third-order valence-electron chi connectivity index (χ3n) is 10.0. The largest absolute Gasteiger partial charge is 0.497 e. The van der Waals surface area contributed by atoms with Crippen LogP contribution in [0.3, 0.4) is 0 Å². The van der Waals surface area contributed by atoms with Crippen LogP contribution in [0, 0.1) is 11.3 Å². The molecule has 0 aliphatic carbocycles. The number of anilines is 3. The Bertz CT molecular complexity index is 2480. The minimum absolute atomic E-state index is 0.148. The number of aromatic nitrogens is 2. The molecule has 8 rings (SSSR count). The molecule has 284 valence electrons. The maximum absolute atomic E-state index is 13.3. The first-order valence-corrected chi connectivity index (χ1v) is 19.0. The van der Waals surface area contributed by atoms with Crippen LogP contribution >= 0.6 is 11.6 Å². The Morgan fingerprint density at radius 2 is 1.96 bits per heavy atom. The Morgan fingerprint density at radius 3 is 2.77 bits per heavy atom. The van der Waals surface area contributed by atoms with Crippen molar-refractivity contribution >= 4 is 56.4 Å². The number of hydrogen-bond donors (Lipinski definition) is 3. The zero-order chi connectivity index (χ0) is 38.4. The molecular formula is C44H41ClN6O5. The number of piperidine rings is 1. The second-order valence-electron chi connectivity index (χ2n) is 13.9. The van der Waals surface area contributed by atoms with E-state index in [2.05, 4.69) is 68.1 Å². The van der Waals surface area contributed by atoms with Crippen molar-refractivity contribution in [3.63, 3.8) is 0 Å². The molecule has 0 bridgehead atoms. The number of nitrogens with zero attached hydrogens (tertiary/aromatic N) is 3. The summed E-state index contributed by atoms with van der Waals surface area (Å²) in [6, 6.07) is 27.7. The van der Waals surface area contributed by atoms with Crippen molar-refractivity contribution in [3.8, 4) is 23.3 Å². The van der Waals surface area contributed by atoms with Gasteiger partial charge in [-0.1, -0.05) is 35.4 Å².